The molecule has 0 bridgehead atoms. The van der Waals surface area contributed by atoms with Crippen LogP contribution in [-0.4, -0.2) is 64.1 Å². The first-order valence-electron chi connectivity index (χ1n) is 11.5. The van der Waals surface area contributed by atoms with Crippen LogP contribution in [0.1, 0.15) is 12.8 Å². The molecule has 34 heavy (non-hydrogen) atoms. The summed E-state index contributed by atoms with van der Waals surface area (Å²) in [5.41, 5.74) is 10.3. The van der Waals surface area contributed by atoms with Gasteiger partial charge in [0.15, 0.2) is 0 Å². The molecule has 1 amide bonds. The smallest absolute Gasteiger partial charge is 0.240 e. The van der Waals surface area contributed by atoms with E-state index in [2.05, 4.69) is 25.6 Å². The lowest BCUT2D eigenvalue weighted by Crippen LogP contribution is -2.66. The van der Waals surface area contributed by atoms with Crippen LogP contribution >= 0.6 is 11.6 Å². The molecule has 1 spiro atoms. The number of piperidine rings is 1. The number of nitrogens with zero attached hydrogens (tertiary/aromatic N) is 4. The highest BCUT2D eigenvalue weighted by molar-refractivity contribution is 6.36. The first-order chi connectivity index (χ1) is 16.5. The second-order valence-corrected chi connectivity index (χ2v) is 9.14. The molecule has 0 aliphatic carbocycles. The molecule has 2 aromatic heterocycles. The molecule has 10 heteroatoms. The Hall–Kier alpha value is -3.14. The zero-order chi connectivity index (χ0) is 23.7. The van der Waals surface area contributed by atoms with Crippen LogP contribution in [0.25, 0.3) is 22.3 Å². The molecule has 2 aliphatic heterocycles. The number of halogens is 1. The Labute approximate surface area is 202 Å². The third-order valence-electron chi connectivity index (χ3n) is 6.75. The normalized spacial score (nSPS) is 17.7. The number of pyridine rings is 1. The summed E-state index contributed by atoms with van der Waals surface area (Å²) in [6.07, 6.45) is 6.84. The molecule has 1 aromatic carbocycles. The molecule has 178 valence electrons. The van der Waals surface area contributed by atoms with E-state index in [1.165, 1.54) is 0 Å². The van der Waals surface area contributed by atoms with Crippen LogP contribution in [0.4, 0.5) is 11.5 Å². The van der Waals surface area contributed by atoms with Gasteiger partial charge in [-0.15, -0.1) is 0 Å². The lowest BCUT2D eigenvalue weighted by molar-refractivity contribution is -0.130. The minimum Gasteiger partial charge on any atom is -0.394 e. The SMILES string of the molecule is Nc1ncc(-c2ccc(-c3cnn(CCO)c3)cc2)c(N2CCC3(CC2)NCCNC3=O)c1Cl. The zero-order valence-electron chi connectivity index (χ0n) is 18.8. The highest BCUT2D eigenvalue weighted by atomic mass is 35.5. The molecule has 2 saturated heterocycles. The molecule has 2 aliphatic rings. The second-order valence-electron chi connectivity index (χ2n) is 8.76. The number of aromatic nitrogens is 3. The van der Waals surface area contributed by atoms with E-state index in [-0.39, 0.29) is 12.5 Å². The molecule has 5 N–H and O–H groups in total. The monoisotopic (exact) mass is 481 g/mol. The number of benzene rings is 1. The third-order valence-corrected chi connectivity index (χ3v) is 7.13. The van der Waals surface area contributed by atoms with Gasteiger partial charge in [-0.3, -0.25) is 9.48 Å². The van der Waals surface area contributed by atoms with E-state index in [4.69, 9.17) is 22.4 Å². The largest absolute Gasteiger partial charge is 0.394 e. The van der Waals surface area contributed by atoms with E-state index in [0.29, 0.717) is 49.9 Å². The van der Waals surface area contributed by atoms with Crippen LogP contribution in [0.15, 0.2) is 42.9 Å². The minimum atomic E-state index is -0.512. The van der Waals surface area contributed by atoms with Crippen molar-refractivity contribution in [3.8, 4) is 22.3 Å². The number of nitrogens with one attached hydrogen (secondary N) is 2. The summed E-state index contributed by atoms with van der Waals surface area (Å²) in [6.45, 7) is 3.32. The first-order valence-corrected chi connectivity index (χ1v) is 11.8. The third kappa shape index (κ3) is 4.11. The highest BCUT2D eigenvalue weighted by Gasteiger charge is 2.43. The number of carbonyl (C=O) groups excluding carboxylic acids is 1. The average Bonchev–Trinajstić information content (AvgIpc) is 3.32. The van der Waals surface area contributed by atoms with Crippen molar-refractivity contribution >= 4 is 29.0 Å². The Balaban J connectivity index is 1.42. The van der Waals surface area contributed by atoms with Gasteiger partial charge in [0.25, 0.3) is 0 Å². The number of nitrogens with two attached hydrogens (primary N) is 1. The molecule has 3 aromatic rings. The number of aliphatic hydroxyl groups excluding tert-OH is 1. The van der Waals surface area contributed by atoms with Crippen molar-refractivity contribution in [1.82, 2.24) is 25.4 Å². The Bertz CT molecular complexity index is 1190. The van der Waals surface area contributed by atoms with Crippen molar-refractivity contribution < 1.29 is 9.90 Å². The predicted molar refractivity (Wildman–Crippen MR) is 133 cm³/mol. The summed E-state index contributed by atoms with van der Waals surface area (Å²) in [5, 5.41) is 20.2. The summed E-state index contributed by atoms with van der Waals surface area (Å²) >= 11 is 6.69. The maximum Gasteiger partial charge on any atom is 0.240 e. The minimum absolute atomic E-state index is 0.0477. The maximum atomic E-state index is 12.5. The van der Waals surface area contributed by atoms with Crippen LogP contribution in [-0.2, 0) is 11.3 Å². The molecular weight excluding hydrogens is 454 g/mol. The average molecular weight is 482 g/mol. The molecule has 0 unspecified atom stereocenters. The Morgan fingerprint density at radius 2 is 1.82 bits per heavy atom. The topological polar surface area (TPSA) is 121 Å². The second kappa shape index (κ2) is 9.25. The van der Waals surface area contributed by atoms with Gasteiger partial charge in [0.1, 0.15) is 16.4 Å². The summed E-state index contributed by atoms with van der Waals surface area (Å²) in [6, 6.07) is 8.14. The number of rotatable bonds is 5. The summed E-state index contributed by atoms with van der Waals surface area (Å²) in [5.74, 6) is 0.374. The number of nitrogen functional groups attached to an aromatic ring is 1. The lowest BCUT2D eigenvalue weighted by Gasteiger charge is -2.44. The fourth-order valence-corrected chi connectivity index (χ4v) is 5.10. The quantitative estimate of drug-likeness (QED) is 0.439. The number of hydrogen-bond donors (Lipinski definition) is 4. The van der Waals surface area contributed by atoms with Gasteiger partial charge in [0.05, 0.1) is 25.0 Å². The molecule has 0 saturated carbocycles. The van der Waals surface area contributed by atoms with Gasteiger partial charge in [-0.1, -0.05) is 35.9 Å². The van der Waals surface area contributed by atoms with Crippen LogP contribution in [0.3, 0.4) is 0 Å². The van der Waals surface area contributed by atoms with Crippen LogP contribution in [0.5, 0.6) is 0 Å². The summed E-state index contributed by atoms with van der Waals surface area (Å²) < 4.78 is 1.72. The van der Waals surface area contributed by atoms with Crippen molar-refractivity contribution in [2.45, 2.75) is 24.9 Å². The van der Waals surface area contributed by atoms with E-state index in [0.717, 1.165) is 34.5 Å². The van der Waals surface area contributed by atoms with Crippen molar-refractivity contribution in [3.63, 3.8) is 0 Å². The molecule has 5 rings (SSSR count). The van der Waals surface area contributed by atoms with E-state index in [1.54, 1.807) is 17.1 Å². The molecule has 0 atom stereocenters. The molecule has 0 radical (unpaired) electrons. The van der Waals surface area contributed by atoms with Gasteiger partial charge in [0.2, 0.25) is 5.91 Å². The molecular formula is C24H28ClN7O2. The standard InChI is InChI=1S/C24H28ClN7O2/c25-20-21(31-9-5-24(6-10-31)23(34)27-7-8-29-24)19(14-28-22(20)26)17-3-1-16(2-4-17)18-13-30-32(15-18)11-12-33/h1-4,13-15,29,33H,5-12H2,(H2,26,28)(H,27,34). The van der Waals surface area contributed by atoms with E-state index in [9.17, 15) is 4.79 Å². The Morgan fingerprint density at radius 1 is 1.09 bits per heavy atom. The van der Waals surface area contributed by atoms with Crippen LogP contribution < -0.4 is 21.3 Å². The predicted octanol–water partition coefficient (Wildman–Crippen LogP) is 1.90. The van der Waals surface area contributed by atoms with Gasteiger partial charge in [-0.2, -0.15) is 5.10 Å². The van der Waals surface area contributed by atoms with Gasteiger partial charge >= 0.3 is 0 Å². The fourth-order valence-electron chi connectivity index (χ4n) is 4.83. The zero-order valence-corrected chi connectivity index (χ0v) is 19.6. The van der Waals surface area contributed by atoms with E-state index >= 15 is 0 Å². The number of piperazine rings is 1. The van der Waals surface area contributed by atoms with Gasteiger partial charge in [-0.25, -0.2) is 4.98 Å². The first kappa shape index (κ1) is 22.6. The number of carbonyl (C=O) groups is 1. The molecule has 9 nitrogen and oxygen atoms in total. The number of amides is 1. The highest BCUT2D eigenvalue weighted by Crippen LogP contribution is 2.41. The number of aliphatic hydroxyl groups is 1. The van der Waals surface area contributed by atoms with Crippen molar-refractivity contribution in [2.75, 3.05) is 43.4 Å². The number of hydrogen-bond acceptors (Lipinski definition) is 7. The number of anilines is 2. The molecule has 2 fully saturated rings. The Morgan fingerprint density at radius 3 is 2.53 bits per heavy atom. The van der Waals surface area contributed by atoms with Gasteiger partial charge in [0, 0.05) is 49.7 Å². The van der Waals surface area contributed by atoms with Crippen LogP contribution in [0, 0.1) is 0 Å². The van der Waals surface area contributed by atoms with Crippen LogP contribution in [0.2, 0.25) is 5.02 Å². The van der Waals surface area contributed by atoms with Crippen molar-refractivity contribution in [2.24, 2.45) is 0 Å². The summed E-state index contributed by atoms with van der Waals surface area (Å²) in [4.78, 5) is 19.1. The van der Waals surface area contributed by atoms with Crippen molar-refractivity contribution in [3.05, 3.63) is 47.9 Å². The lowest BCUT2D eigenvalue weighted by atomic mass is 9.84. The van der Waals surface area contributed by atoms with E-state index in [1.807, 2.05) is 30.5 Å². The van der Waals surface area contributed by atoms with Crippen molar-refractivity contribution in [1.29, 1.82) is 0 Å². The van der Waals surface area contributed by atoms with Gasteiger partial charge < -0.3 is 26.4 Å². The van der Waals surface area contributed by atoms with Gasteiger partial charge in [-0.05, 0) is 24.0 Å². The summed E-state index contributed by atoms with van der Waals surface area (Å²) in [7, 11) is 0. The fraction of sp³-hybridized carbons (Fsp3) is 0.375. The Kier molecular flexibility index (Phi) is 6.16. The maximum absolute atomic E-state index is 12.5. The van der Waals surface area contributed by atoms with E-state index < -0.39 is 5.54 Å². The molecule has 4 heterocycles.